The molecule has 0 heterocycles. The Labute approximate surface area is 74.6 Å². The fourth-order valence-corrected chi connectivity index (χ4v) is 0.837. The normalized spacial score (nSPS) is 12.0. The molecule has 70 valence electrons. The van der Waals surface area contributed by atoms with Crippen LogP contribution in [0.1, 0.15) is 33.6 Å². The minimum absolute atomic E-state index is 0.524. The summed E-state index contributed by atoms with van der Waals surface area (Å²) >= 11 is 0. The summed E-state index contributed by atoms with van der Waals surface area (Å²) in [5, 5.41) is 9.22. The van der Waals surface area contributed by atoms with E-state index in [9.17, 15) is 5.11 Å². The topological polar surface area (TPSA) is 29.5 Å². The molecule has 0 aliphatic rings. The Bertz CT molecular complexity index is 167. The molecule has 0 saturated heterocycles. The fraction of sp³-hybridized carbons (Fsp3) is 0.600. The first-order chi connectivity index (χ1) is 5.56. The molecule has 12 heavy (non-hydrogen) atoms. The molecule has 0 amide bonds. The van der Waals surface area contributed by atoms with Crippen molar-refractivity contribution in [2.24, 2.45) is 0 Å². The van der Waals surface area contributed by atoms with Gasteiger partial charge in [0.1, 0.15) is 5.76 Å². The predicted octanol–water partition coefficient (Wildman–Crippen LogP) is 2.60. The molecule has 0 aromatic rings. The summed E-state index contributed by atoms with van der Waals surface area (Å²) in [6, 6.07) is 0. The van der Waals surface area contributed by atoms with Crippen LogP contribution in [0, 0.1) is 0 Å². The van der Waals surface area contributed by atoms with Crippen LogP contribution in [0.4, 0.5) is 0 Å². The number of allylic oxidation sites excluding steroid dienone is 2. The van der Waals surface area contributed by atoms with Crippen LogP contribution >= 0.6 is 0 Å². The molecule has 0 fully saturated rings. The van der Waals surface area contributed by atoms with Crippen LogP contribution in [0.25, 0.3) is 0 Å². The van der Waals surface area contributed by atoms with Gasteiger partial charge in [-0.1, -0.05) is 25.5 Å². The second-order valence-electron chi connectivity index (χ2n) is 3.05. The Hall–Kier alpha value is -0.760. The number of hydrogen-bond acceptors (Lipinski definition) is 2. The van der Waals surface area contributed by atoms with Crippen molar-refractivity contribution in [3.63, 3.8) is 0 Å². The first kappa shape index (κ1) is 11.2. The van der Waals surface area contributed by atoms with E-state index in [0.29, 0.717) is 12.2 Å². The molecule has 0 spiro atoms. The van der Waals surface area contributed by atoms with Crippen molar-refractivity contribution in [2.75, 3.05) is 0 Å². The van der Waals surface area contributed by atoms with E-state index in [2.05, 4.69) is 6.58 Å². The molecular formula is C10H18O2. The van der Waals surface area contributed by atoms with E-state index in [1.807, 2.05) is 20.8 Å². The average Bonchev–Trinajstić information content (AvgIpc) is 1.84. The summed E-state index contributed by atoms with van der Waals surface area (Å²) < 4.78 is 5.09. The van der Waals surface area contributed by atoms with E-state index >= 15 is 0 Å². The zero-order valence-electron chi connectivity index (χ0n) is 8.13. The molecule has 2 heteroatoms. The molecule has 0 aromatic carbocycles. The van der Waals surface area contributed by atoms with Crippen LogP contribution in [-0.4, -0.2) is 11.4 Å². The third-order valence-electron chi connectivity index (χ3n) is 1.27. The van der Waals surface area contributed by atoms with E-state index < -0.39 is 6.29 Å². The van der Waals surface area contributed by atoms with Gasteiger partial charge in [-0.05, 0) is 19.9 Å². The molecule has 0 bridgehead atoms. The molecule has 2 nitrogen and oxygen atoms in total. The molecule has 0 aliphatic heterocycles. The molecule has 0 radical (unpaired) electrons. The van der Waals surface area contributed by atoms with Crippen LogP contribution < -0.4 is 0 Å². The Morgan fingerprint density at radius 1 is 1.58 bits per heavy atom. The highest BCUT2D eigenvalue weighted by Crippen LogP contribution is 2.07. The maximum atomic E-state index is 9.22. The lowest BCUT2D eigenvalue weighted by molar-refractivity contribution is -0.0651. The van der Waals surface area contributed by atoms with Crippen LogP contribution in [0.2, 0.25) is 0 Å². The molecular weight excluding hydrogens is 152 g/mol. The van der Waals surface area contributed by atoms with Crippen molar-refractivity contribution >= 4 is 0 Å². The first-order valence-electron chi connectivity index (χ1n) is 4.24. The van der Waals surface area contributed by atoms with Crippen molar-refractivity contribution in [2.45, 2.75) is 39.9 Å². The van der Waals surface area contributed by atoms with E-state index in [4.69, 9.17) is 4.74 Å². The second-order valence-corrected chi connectivity index (χ2v) is 3.05. The van der Waals surface area contributed by atoms with Gasteiger partial charge in [0.15, 0.2) is 6.29 Å². The summed E-state index contributed by atoms with van der Waals surface area (Å²) in [5.74, 6) is 0.524. The second kappa shape index (κ2) is 5.84. The molecule has 0 aliphatic carbocycles. The van der Waals surface area contributed by atoms with Gasteiger partial charge >= 0.3 is 0 Å². The summed E-state index contributed by atoms with van der Waals surface area (Å²) in [6.45, 7) is 9.57. The predicted molar refractivity (Wildman–Crippen MR) is 50.6 cm³/mol. The van der Waals surface area contributed by atoms with Gasteiger partial charge in [0.05, 0.1) is 0 Å². The van der Waals surface area contributed by atoms with Gasteiger partial charge in [-0.15, -0.1) is 0 Å². The summed E-state index contributed by atoms with van der Waals surface area (Å²) in [4.78, 5) is 0. The standard InChI is InChI=1S/C10H18O2/c1-5-6-10(11)12-9(4)7-8(2)3/h7,10-11H,4-6H2,1-3H3. The minimum Gasteiger partial charge on any atom is -0.466 e. The Balaban J connectivity index is 3.77. The van der Waals surface area contributed by atoms with Gasteiger partial charge in [0.25, 0.3) is 0 Å². The van der Waals surface area contributed by atoms with Crippen molar-refractivity contribution in [3.8, 4) is 0 Å². The number of aliphatic hydroxyl groups excluding tert-OH is 1. The SMILES string of the molecule is C=C(C=C(C)C)OC(O)CCC. The largest absolute Gasteiger partial charge is 0.466 e. The third kappa shape index (κ3) is 5.98. The van der Waals surface area contributed by atoms with Crippen LogP contribution in [0.5, 0.6) is 0 Å². The van der Waals surface area contributed by atoms with Gasteiger partial charge < -0.3 is 9.84 Å². The van der Waals surface area contributed by atoms with Crippen molar-refractivity contribution in [3.05, 3.63) is 24.0 Å². The third-order valence-corrected chi connectivity index (χ3v) is 1.27. The maximum absolute atomic E-state index is 9.22. The maximum Gasteiger partial charge on any atom is 0.197 e. The lowest BCUT2D eigenvalue weighted by atomic mass is 10.3. The molecule has 0 saturated carbocycles. The van der Waals surface area contributed by atoms with Crippen molar-refractivity contribution < 1.29 is 9.84 Å². The zero-order valence-corrected chi connectivity index (χ0v) is 8.13. The van der Waals surface area contributed by atoms with E-state index in [0.717, 1.165) is 12.0 Å². The molecule has 1 atom stereocenters. The van der Waals surface area contributed by atoms with E-state index in [1.54, 1.807) is 6.08 Å². The summed E-state index contributed by atoms with van der Waals surface area (Å²) in [6.07, 6.45) is 2.65. The lowest BCUT2D eigenvalue weighted by Gasteiger charge is -2.12. The monoisotopic (exact) mass is 170 g/mol. The Morgan fingerprint density at radius 3 is 2.58 bits per heavy atom. The quantitative estimate of drug-likeness (QED) is 0.390. The number of rotatable bonds is 5. The number of hydrogen-bond donors (Lipinski definition) is 1. The molecule has 1 N–H and O–H groups in total. The Kier molecular flexibility index (Phi) is 5.47. The Morgan fingerprint density at radius 2 is 2.17 bits per heavy atom. The average molecular weight is 170 g/mol. The summed E-state index contributed by atoms with van der Waals surface area (Å²) in [7, 11) is 0. The smallest absolute Gasteiger partial charge is 0.197 e. The highest BCUT2D eigenvalue weighted by atomic mass is 16.6. The molecule has 0 aromatic heterocycles. The van der Waals surface area contributed by atoms with Gasteiger partial charge in [-0.2, -0.15) is 0 Å². The fourth-order valence-electron chi connectivity index (χ4n) is 0.837. The van der Waals surface area contributed by atoms with Gasteiger partial charge in [-0.25, -0.2) is 0 Å². The highest BCUT2D eigenvalue weighted by Gasteiger charge is 2.02. The molecule has 1 unspecified atom stereocenters. The number of ether oxygens (including phenoxy) is 1. The van der Waals surface area contributed by atoms with Gasteiger partial charge in [-0.3, -0.25) is 0 Å². The lowest BCUT2D eigenvalue weighted by Crippen LogP contribution is -2.09. The van der Waals surface area contributed by atoms with Gasteiger partial charge in [0, 0.05) is 6.42 Å². The van der Waals surface area contributed by atoms with Crippen LogP contribution in [0.15, 0.2) is 24.0 Å². The summed E-state index contributed by atoms with van der Waals surface area (Å²) in [5.41, 5.74) is 1.11. The minimum atomic E-state index is -0.710. The number of aliphatic hydroxyl groups is 1. The van der Waals surface area contributed by atoms with Crippen LogP contribution in [0.3, 0.4) is 0 Å². The highest BCUT2D eigenvalue weighted by molar-refractivity contribution is 5.12. The first-order valence-corrected chi connectivity index (χ1v) is 4.24. The van der Waals surface area contributed by atoms with Crippen LogP contribution in [-0.2, 0) is 4.74 Å². The van der Waals surface area contributed by atoms with Crippen molar-refractivity contribution in [1.82, 2.24) is 0 Å². The van der Waals surface area contributed by atoms with E-state index in [1.165, 1.54) is 0 Å². The molecule has 0 rings (SSSR count). The zero-order chi connectivity index (χ0) is 9.56. The van der Waals surface area contributed by atoms with E-state index in [-0.39, 0.29) is 0 Å². The van der Waals surface area contributed by atoms with Gasteiger partial charge in [0.2, 0.25) is 0 Å². The van der Waals surface area contributed by atoms with Crippen molar-refractivity contribution in [1.29, 1.82) is 0 Å².